The van der Waals surface area contributed by atoms with Crippen molar-refractivity contribution >= 4 is 5.97 Å². The zero-order valence-electron chi connectivity index (χ0n) is 17.6. The van der Waals surface area contributed by atoms with E-state index in [2.05, 4.69) is 5.18 Å². The number of esters is 1. The molecular weight excluding hydrogens is 394 g/mol. The van der Waals surface area contributed by atoms with Gasteiger partial charge in [0, 0.05) is 26.7 Å². The normalized spacial score (nSPS) is 11.7. The fraction of sp³-hybridized carbons (Fsp3) is 0.476. The summed E-state index contributed by atoms with van der Waals surface area (Å²) in [6.45, 7) is 1.78. The molecule has 0 aliphatic rings. The van der Waals surface area contributed by atoms with E-state index in [0.29, 0.717) is 47.0 Å². The van der Waals surface area contributed by atoms with E-state index in [1.807, 2.05) is 6.07 Å². The first-order chi connectivity index (χ1) is 14.5. The zero-order chi connectivity index (χ0) is 21.9. The number of carbonyl (C=O) groups excluding carboxylic acids is 1. The van der Waals surface area contributed by atoms with E-state index in [1.165, 1.54) is 21.3 Å². The second-order valence-electron chi connectivity index (χ2n) is 6.57. The van der Waals surface area contributed by atoms with Crippen molar-refractivity contribution in [1.29, 1.82) is 0 Å². The van der Waals surface area contributed by atoms with E-state index in [-0.39, 0.29) is 26.0 Å². The van der Waals surface area contributed by atoms with E-state index >= 15 is 0 Å². The predicted octanol–water partition coefficient (Wildman–Crippen LogP) is 3.72. The van der Waals surface area contributed by atoms with Crippen molar-refractivity contribution in [3.63, 3.8) is 0 Å². The number of nitrogens with zero attached hydrogens (tertiary/aromatic N) is 1. The van der Waals surface area contributed by atoms with Crippen molar-refractivity contribution in [1.82, 2.24) is 0 Å². The third-order valence-electron chi connectivity index (χ3n) is 4.29. The van der Waals surface area contributed by atoms with Crippen LogP contribution >= 0.6 is 0 Å². The van der Waals surface area contributed by atoms with Gasteiger partial charge in [0.05, 0.1) is 25.1 Å². The second kappa shape index (κ2) is 11.9. The summed E-state index contributed by atoms with van der Waals surface area (Å²) in [4.78, 5) is 22.6. The van der Waals surface area contributed by atoms with Gasteiger partial charge >= 0.3 is 5.97 Å². The monoisotopic (exact) mass is 421 g/mol. The van der Waals surface area contributed by atoms with Crippen LogP contribution in [0.3, 0.4) is 0 Å². The first kappa shape index (κ1) is 23.4. The van der Waals surface area contributed by atoms with Crippen LogP contribution in [0.15, 0.2) is 33.9 Å². The van der Waals surface area contributed by atoms with Crippen molar-refractivity contribution in [3.8, 4) is 22.8 Å². The molecule has 0 fully saturated rings. The lowest BCUT2D eigenvalue weighted by atomic mass is 10.0. The molecule has 1 aromatic heterocycles. The molecule has 9 heteroatoms. The maximum Gasteiger partial charge on any atom is 0.310 e. The molecule has 0 saturated heterocycles. The van der Waals surface area contributed by atoms with E-state index in [0.717, 1.165) is 0 Å². The lowest BCUT2D eigenvalue weighted by Gasteiger charge is -2.16. The third kappa shape index (κ3) is 6.57. The highest BCUT2D eigenvalue weighted by molar-refractivity contribution is 5.80. The molecule has 0 spiro atoms. The van der Waals surface area contributed by atoms with Gasteiger partial charge in [0.25, 0.3) is 0 Å². The Kier molecular flexibility index (Phi) is 9.30. The minimum Gasteiger partial charge on any atom is -0.469 e. The number of nitroso groups, excluding NO2 is 1. The lowest BCUT2D eigenvalue weighted by Crippen LogP contribution is -2.09. The molecule has 30 heavy (non-hydrogen) atoms. The second-order valence-corrected chi connectivity index (χ2v) is 6.57. The van der Waals surface area contributed by atoms with Gasteiger partial charge in [0.2, 0.25) is 0 Å². The Morgan fingerprint density at radius 2 is 1.83 bits per heavy atom. The number of hydrogen-bond donors (Lipinski definition) is 0. The van der Waals surface area contributed by atoms with Gasteiger partial charge in [-0.2, -0.15) is 4.91 Å². The molecule has 0 aliphatic carbocycles. The molecule has 0 saturated carbocycles. The molecule has 0 aliphatic heterocycles. The third-order valence-corrected chi connectivity index (χ3v) is 4.29. The topological polar surface area (TPSA) is 106 Å². The molecule has 0 N–H and O–H groups in total. The largest absolute Gasteiger partial charge is 0.469 e. The quantitative estimate of drug-likeness (QED) is 0.274. The molecule has 0 amide bonds. The number of furan rings is 1. The molecule has 1 aromatic carbocycles. The predicted molar refractivity (Wildman–Crippen MR) is 108 cm³/mol. The summed E-state index contributed by atoms with van der Waals surface area (Å²) >= 11 is 0. The Morgan fingerprint density at radius 1 is 1.10 bits per heavy atom. The van der Waals surface area contributed by atoms with Gasteiger partial charge in [-0.3, -0.25) is 4.79 Å². The van der Waals surface area contributed by atoms with Crippen LogP contribution in [-0.4, -0.2) is 46.9 Å². The van der Waals surface area contributed by atoms with Crippen molar-refractivity contribution in [2.75, 3.05) is 34.9 Å². The van der Waals surface area contributed by atoms with E-state index in [4.69, 9.17) is 28.1 Å². The Morgan fingerprint density at radius 3 is 2.50 bits per heavy atom. The Labute approximate surface area is 175 Å². The van der Waals surface area contributed by atoms with Crippen molar-refractivity contribution in [2.24, 2.45) is 5.18 Å². The van der Waals surface area contributed by atoms with Gasteiger partial charge < -0.3 is 28.1 Å². The average Bonchev–Trinajstić information content (AvgIpc) is 3.22. The van der Waals surface area contributed by atoms with Gasteiger partial charge in [-0.15, -0.1) is 0 Å². The number of ether oxygens (including phenoxy) is 5. The molecule has 1 atom stereocenters. The minimum atomic E-state index is -0.421. The van der Waals surface area contributed by atoms with Crippen molar-refractivity contribution < 1.29 is 32.9 Å². The fourth-order valence-corrected chi connectivity index (χ4v) is 2.79. The number of hydrogen-bond acceptors (Lipinski definition) is 9. The van der Waals surface area contributed by atoms with Gasteiger partial charge in [0.15, 0.2) is 13.6 Å². The number of benzene rings is 1. The van der Waals surface area contributed by atoms with Crippen LogP contribution in [0.5, 0.6) is 11.5 Å². The zero-order valence-corrected chi connectivity index (χ0v) is 17.6. The van der Waals surface area contributed by atoms with Crippen LogP contribution in [0.1, 0.15) is 24.7 Å². The molecule has 9 nitrogen and oxygen atoms in total. The molecule has 0 bridgehead atoms. The summed E-state index contributed by atoms with van der Waals surface area (Å²) in [5, 5.41) is 3.01. The fourth-order valence-electron chi connectivity index (χ4n) is 2.79. The molecule has 0 radical (unpaired) electrons. The smallest absolute Gasteiger partial charge is 0.310 e. The summed E-state index contributed by atoms with van der Waals surface area (Å²) in [6.07, 6.45) is 1.12. The SMILES string of the molecule is COCOc1cc(CC(=O)OC)c(-c2ccc(CCC(C)N=O)o2)c(OCOC)c1. The molecule has 2 aromatic rings. The number of carbonyl (C=O) groups is 1. The first-order valence-corrected chi connectivity index (χ1v) is 9.41. The minimum absolute atomic E-state index is 0.00548. The Hall–Kier alpha value is -2.91. The molecule has 164 valence electrons. The van der Waals surface area contributed by atoms with Crippen molar-refractivity contribution in [3.05, 3.63) is 40.5 Å². The van der Waals surface area contributed by atoms with Crippen LogP contribution in [0.2, 0.25) is 0 Å². The summed E-state index contributed by atoms with van der Waals surface area (Å²) in [6, 6.07) is 6.70. The first-order valence-electron chi connectivity index (χ1n) is 9.41. The van der Waals surface area contributed by atoms with E-state index in [9.17, 15) is 9.70 Å². The molecule has 1 heterocycles. The number of methoxy groups -OCH3 is 3. The van der Waals surface area contributed by atoms with E-state index in [1.54, 1.807) is 25.1 Å². The van der Waals surface area contributed by atoms with Gasteiger partial charge in [-0.1, -0.05) is 5.18 Å². The highest BCUT2D eigenvalue weighted by Gasteiger charge is 2.21. The van der Waals surface area contributed by atoms with E-state index < -0.39 is 5.97 Å². The van der Waals surface area contributed by atoms with Gasteiger partial charge in [-0.05, 0) is 37.1 Å². The molecular formula is C21H27NO8. The number of aryl methyl sites for hydroxylation is 1. The van der Waals surface area contributed by atoms with Crippen molar-refractivity contribution in [2.45, 2.75) is 32.2 Å². The number of rotatable bonds is 13. The van der Waals surface area contributed by atoms with Crippen LogP contribution in [0, 0.1) is 4.91 Å². The Balaban J connectivity index is 2.46. The van der Waals surface area contributed by atoms with Gasteiger partial charge in [-0.25, -0.2) is 0 Å². The summed E-state index contributed by atoms with van der Waals surface area (Å²) in [5.74, 6) is 1.67. The van der Waals surface area contributed by atoms with Crippen LogP contribution < -0.4 is 9.47 Å². The van der Waals surface area contributed by atoms with Crippen LogP contribution in [0.4, 0.5) is 0 Å². The average molecular weight is 421 g/mol. The maximum atomic E-state index is 12.0. The summed E-state index contributed by atoms with van der Waals surface area (Å²) in [7, 11) is 4.34. The molecule has 1 unspecified atom stereocenters. The summed E-state index contributed by atoms with van der Waals surface area (Å²) < 4.78 is 32.1. The van der Waals surface area contributed by atoms with Gasteiger partial charge in [0.1, 0.15) is 23.0 Å². The Bertz CT molecular complexity index is 832. The highest BCUT2D eigenvalue weighted by Crippen LogP contribution is 2.39. The standard InChI is InChI=1S/C21H27NO8/c1-14(22-24)5-6-16-7-8-18(30-16)21-15(10-20(23)27-4)9-17(28-12-25-2)11-19(21)29-13-26-3/h7-9,11,14H,5-6,10,12-13H2,1-4H3. The van der Waals surface area contributed by atoms with Crippen LogP contribution in [-0.2, 0) is 31.8 Å². The molecule has 2 rings (SSSR count). The highest BCUT2D eigenvalue weighted by atomic mass is 16.7. The maximum absolute atomic E-state index is 12.0. The summed E-state index contributed by atoms with van der Waals surface area (Å²) in [5.41, 5.74) is 1.19. The lowest BCUT2D eigenvalue weighted by molar-refractivity contribution is -0.139. The van der Waals surface area contributed by atoms with Crippen LogP contribution in [0.25, 0.3) is 11.3 Å².